The lowest BCUT2D eigenvalue weighted by Gasteiger charge is -2.12. The van der Waals surface area contributed by atoms with Crippen LogP contribution in [0.15, 0.2) is 42.5 Å². The molecule has 0 spiro atoms. The molecule has 0 saturated carbocycles. The van der Waals surface area contributed by atoms with E-state index in [9.17, 15) is 0 Å². The molecule has 3 nitrogen and oxygen atoms in total. The summed E-state index contributed by atoms with van der Waals surface area (Å²) in [4.78, 5) is 0. The van der Waals surface area contributed by atoms with Gasteiger partial charge in [-0.15, -0.1) is 0 Å². The highest BCUT2D eigenvalue weighted by molar-refractivity contribution is 5.40. The van der Waals surface area contributed by atoms with Crippen LogP contribution in [0.25, 0.3) is 0 Å². The first-order chi connectivity index (χ1) is 10.2. The molecule has 2 aromatic carbocycles. The topological polar surface area (TPSA) is 41.5 Å². The minimum atomic E-state index is 0.0985. The van der Waals surface area contributed by atoms with Crippen molar-refractivity contribution in [1.29, 1.82) is 0 Å². The summed E-state index contributed by atoms with van der Waals surface area (Å²) in [6.07, 6.45) is 1.20. The van der Waals surface area contributed by atoms with Gasteiger partial charge >= 0.3 is 0 Å². The number of fused-ring (bicyclic) bond motifs is 1. The zero-order valence-corrected chi connectivity index (χ0v) is 12.3. The summed E-state index contributed by atoms with van der Waals surface area (Å²) >= 11 is 0. The average molecular weight is 283 g/mol. The van der Waals surface area contributed by atoms with E-state index < -0.39 is 0 Å². The molecule has 0 bridgehead atoms. The van der Waals surface area contributed by atoms with Gasteiger partial charge in [0.1, 0.15) is 11.9 Å². The van der Waals surface area contributed by atoms with Crippen LogP contribution in [-0.2, 0) is 19.6 Å². The van der Waals surface area contributed by atoms with Gasteiger partial charge in [0, 0.05) is 19.5 Å². The molecule has 0 aliphatic carbocycles. The van der Waals surface area contributed by atoms with Crippen LogP contribution in [0.4, 0.5) is 0 Å². The maximum atomic E-state index is 9.02. The maximum Gasteiger partial charge on any atom is 0.123 e. The highest BCUT2D eigenvalue weighted by atomic mass is 16.5. The Bertz CT molecular complexity index is 607. The summed E-state index contributed by atoms with van der Waals surface area (Å²) in [6.45, 7) is 3.87. The quantitative estimate of drug-likeness (QED) is 0.886. The van der Waals surface area contributed by atoms with E-state index >= 15 is 0 Å². The van der Waals surface area contributed by atoms with Gasteiger partial charge < -0.3 is 15.2 Å². The van der Waals surface area contributed by atoms with E-state index in [2.05, 4.69) is 30.4 Å². The van der Waals surface area contributed by atoms with Crippen LogP contribution in [-0.4, -0.2) is 17.8 Å². The van der Waals surface area contributed by atoms with E-state index in [1.54, 1.807) is 0 Å². The molecule has 1 aliphatic heterocycles. The second kappa shape index (κ2) is 6.29. The van der Waals surface area contributed by atoms with Crippen LogP contribution in [0.2, 0.25) is 0 Å². The first-order valence-electron chi connectivity index (χ1n) is 7.40. The average Bonchev–Trinajstić information content (AvgIpc) is 2.89. The number of benzene rings is 2. The van der Waals surface area contributed by atoms with E-state index in [1.807, 2.05) is 24.3 Å². The standard InChI is InChI=1S/C18H21NO2/c1-13-2-7-18-16(8-13)9-17(21-18)11-19-10-14-3-5-15(12-20)6-4-14/h2-8,17,19-20H,9-12H2,1H3. The largest absolute Gasteiger partial charge is 0.488 e. The third-order valence-electron chi connectivity index (χ3n) is 3.86. The van der Waals surface area contributed by atoms with Gasteiger partial charge in [0.2, 0.25) is 0 Å². The molecule has 3 heteroatoms. The molecule has 0 fully saturated rings. The van der Waals surface area contributed by atoms with Gasteiger partial charge in [0.05, 0.1) is 6.61 Å². The van der Waals surface area contributed by atoms with Crippen LogP contribution in [0, 0.1) is 6.92 Å². The Labute approximate surface area is 125 Å². The van der Waals surface area contributed by atoms with Crippen LogP contribution in [0.3, 0.4) is 0 Å². The molecule has 0 amide bonds. The van der Waals surface area contributed by atoms with E-state index in [0.717, 1.165) is 30.8 Å². The van der Waals surface area contributed by atoms with Gasteiger partial charge in [-0.2, -0.15) is 0 Å². The number of rotatable bonds is 5. The van der Waals surface area contributed by atoms with Gasteiger partial charge in [-0.05, 0) is 29.7 Å². The van der Waals surface area contributed by atoms with Gasteiger partial charge in [-0.25, -0.2) is 0 Å². The molecule has 0 aromatic heterocycles. The Balaban J connectivity index is 1.48. The zero-order valence-electron chi connectivity index (χ0n) is 12.3. The van der Waals surface area contributed by atoms with Crippen molar-refractivity contribution >= 4 is 0 Å². The number of hydrogen-bond donors (Lipinski definition) is 2. The number of aryl methyl sites for hydroxylation is 1. The van der Waals surface area contributed by atoms with Crippen LogP contribution in [0.1, 0.15) is 22.3 Å². The second-order valence-electron chi connectivity index (χ2n) is 5.66. The Morgan fingerprint density at radius 3 is 2.67 bits per heavy atom. The van der Waals surface area contributed by atoms with Crippen molar-refractivity contribution in [3.8, 4) is 5.75 Å². The molecular formula is C18H21NO2. The SMILES string of the molecule is Cc1ccc2c(c1)CC(CNCc1ccc(CO)cc1)O2. The fourth-order valence-corrected chi connectivity index (χ4v) is 2.70. The number of aliphatic hydroxyl groups excluding tert-OH is 1. The lowest BCUT2D eigenvalue weighted by Crippen LogP contribution is -2.29. The predicted octanol–water partition coefficient (Wildman–Crippen LogP) is 2.58. The van der Waals surface area contributed by atoms with E-state index in [-0.39, 0.29) is 12.7 Å². The minimum absolute atomic E-state index is 0.0985. The summed E-state index contributed by atoms with van der Waals surface area (Å²) in [6, 6.07) is 14.4. The maximum absolute atomic E-state index is 9.02. The molecular weight excluding hydrogens is 262 g/mol. The number of aliphatic hydroxyl groups is 1. The van der Waals surface area contributed by atoms with Gasteiger partial charge in [0.25, 0.3) is 0 Å². The Kier molecular flexibility index (Phi) is 4.23. The van der Waals surface area contributed by atoms with E-state index in [0.29, 0.717) is 0 Å². The summed E-state index contributed by atoms with van der Waals surface area (Å²) in [5.74, 6) is 1.03. The molecule has 0 saturated heterocycles. The van der Waals surface area contributed by atoms with Crippen molar-refractivity contribution in [3.05, 3.63) is 64.7 Å². The normalized spacial score (nSPS) is 16.6. The fraction of sp³-hybridized carbons (Fsp3) is 0.333. The molecule has 0 radical (unpaired) electrons. The molecule has 1 heterocycles. The number of nitrogens with one attached hydrogen (secondary N) is 1. The molecule has 21 heavy (non-hydrogen) atoms. The highest BCUT2D eigenvalue weighted by Crippen LogP contribution is 2.29. The summed E-state index contributed by atoms with van der Waals surface area (Å²) in [7, 11) is 0. The van der Waals surface area contributed by atoms with Gasteiger partial charge in [-0.3, -0.25) is 0 Å². The van der Waals surface area contributed by atoms with Crippen LogP contribution < -0.4 is 10.1 Å². The van der Waals surface area contributed by atoms with Crippen molar-refractivity contribution in [3.63, 3.8) is 0 Å². The Morgan fingerprint density at radius 1 is 1.14 bits per heavy atom. The second-order valence-corrected chi connectivity index (χ2v) is 5.66. The van der Waals surface area contributed by atoms with E-state index in [1.165, 1.54) is 16.7 Å². The molecule has 1 atom stereocenters. The lowest BCUT2D eigenvalue weighted by atomic mass is 10.1. The smallest absolute Gasteiger partial charge is 0.123 e. The van der Waals surface area contributed by atoms with Crippen molar-refractivity contribution in [2.45, 2.75) is 32.6 Å². The third-order valence-corrected chi connectivity index (χ3v) is 3.86. The monoisotopic (exact) mass is 283 g/mol. The molecule has 1 unspecified atom stereocenters. The first kappa shape index (κ1) is 14.1. The van der Waals surface area contributed by atoms with Gasteiger partial charge in [0.15, 0.2) is 0 Å². The summed E-state index contributed by atoms with van der Waals surface area (Å²) < 4.78 is 5.94. The fourth-order valence-electron chi connectivity index (χ4n) is 2.70. The number of ether oxygens (including phenoxy) is 1. The van der Waals surface area contributed by atoms with Crippen molar-refractivity contribution in [2.24, 2.45) is 0 Å². The molecule has 3 rings (SSSR count). The van der Waals surface area contributed by atoms with E-state index in [4.69, 9.17) is 9.84 Å². The lowest BCUT2D eigenvalue weighted by molar-refractivity contribution is 0.227. The predicted molar refractivity (Wildman–Crippen MR) is 83.4 cm³/mol. The van der Waals surface area contributed by atoms with Crippen LogP contribution >= 0.6 is 0 Å². The Hall–Kier alpha value is -1.84. The zero-order chi connectivity index (χ0) is 14.7. The Morgan fingerprint density at radius 2 is 1.90 bits per heavy atom. The van der Waals surface area contributed by atoms with Crippen molar-refractivity contribution < 1.29 is 9.84 Å². The molecule has 110 valence electrons. The minimum Gasteiger partial charge on any atom is -0.488 e. The van der Waals surface area contributed by atoms with Crippen molar-refractivity contribution in [2.75, 3.05) is 6.54 Å². The van der Waals surface area contributed by atoms with Gasteiger partial charge in [-0.1, -0.05) is 42.0 Å². The summed E-state index contributed by atoms with van der Waals surface area (Å²) in [5.41, 5.74) is 4.77. The van der Waals surface area contributed by atoms with Crippen molar-refractivity contribution in [1.82, 2.24) is 5.32 Å². The molecule has 2 aromatic rings. The van der Waals surface area contributed by atoms with Crippen LogP contribution in [0.5, 0.6) is 5.75 Å². The number of hydrogen-bond acceptors (Lipinski definition) is 3. The third kappa shape index (κ3) is 3.43. The molecule has 1 aliphatic rings. The molecule has 2 N–H and O–H groups in total. The highest BCUT2D eigenvalue weighted by Gasteiger charge is 2.22. The summed E-state index contributed by atoms with van der Waals surface area (Å²) in [5, 5.41) is 12.5. The first-order valence-corrected chi connectivity index (χ1v) is 7.40.